The van der Waals surface area contributed by atoms with Crippen LogP contribution >= 0.6 is 11.5 Å². The maximum atomic E-state index is 13.9. The smallest absolute Gasteiger partial charge is 0.320 e. The molecule has 0 bridgehead atoms. The van der Waals surface area contributed by atoms with Gasteiger partial charge in [-0.15, -0.1) is 6.58 Å². The van der Waals surface area contributed by atoms with Crippen LogP contribution in [0, 0.1) is 11.6 Å². The molecule has 1 unspecified atom stereocenters. The molecule has 0 aliphatic rings. The van der Waals surface area contributed by atoms with Crippen LogP contribution in [0.25, 0.3) is 0 Å². The highest BCUT2D eigenvalue weighted by Crippen LogP contribution is 2.34. The molecule has 3 amide bonds. The minimum Gasteiger partial charge on any atom is -0.468 e. The highest BCUT2D eigenvalue weighted by molar-refractivity contribution is 7.11. The van der Waals surface area contributed by atoms with Gasteiger partial charge >= 0.3 is 6.03 Å². The Labute approximate surface area is 152 Å². The highest BCUT2D eigenvalue weighted by Gasteiger charge is 2.25. The van der Waals surface area contributed by atoms with E-state index in [2.05, 4.69) is 21.6 Å². The molecule has 1 aromatic heterocycles. The summed E-state index contributed by atoms with van der Waals surface area (Å²) >= 11 is 0.751. The van der Waals surface area contributed by atoms with Gasteiger partial charge in [0.25, 0.3) is 5.91 Å². The zero-order valence-electron chi connectivity index (χ0n) is 13.7. The second-order valence-corrected chi connectivity index (χ2v) is 5.85. The molecule has 0 saturated carbocycles. The van der Waals surface area contributed by atoms with Crippen molar-refractivity contribution in [1.82, 2.24) is 9.69 Å². The van der Waals surface area contributed by atoms with Crippen LogP contribution in [0.5, 0.6) is 5.88 Å². The van der Waals surface area contributed by atoms with Crippen LogP contribution in [0.3, 0.4) is 0 Å². The van der Waals surface area contributed by atoms with Crippen LogP contribution in [0.1, 0.15) is 28.9 Å². The Kier molecular flexibility index (Phi) is 6.23. The molecule has 0 radical (unpaired) electrons. The molecule has 2 rings (SSSR count). The highest BCUT2D eigenvalue weighted by atomic mass is 32.1. The van der Waals surface area contributed by atoms with E-state index in [-0.39, 0.29) is 28.6 Å². The first-order valence-electron chi connectivity index (χ1n) is 7.41. The maximum absolute atomic E-state index is 13.9. The number of hydrogen-bond donors (Lipinski definition) is 3. The van der Waals surface area contributed by atoms with Crippen molar-refractivity contribution in [2.75, 3.05) is 11.9 Å². The molecule has 0 fully saturated rings. The Bertz CT molecular complexity index is 821. The zero-order chi connectivity index (χ0) is 19.3. The van der Waals surface area contributed by atoms with Crippen molar-refractivity contribution in [1.29, 1.82) is 0 Å². The van der Waals surface area contributed by atoms with Gasteiger partial charge in [-0.2, -0.15) is 4.37 Å². The third-order valence-corrected chi connectivity index (χ3v) is 3.98. The largest absolute Gasteiger partial charge is 0.468 e. The van der Waals surface area contributed by atoms with Crippen LogP contribution in [0.2, 0.25) is 0 Å². The van der Waals surface area contributed by atoms with Crippen LogP contribution in [-0.2, 0) is 0 Å². The van der Waals surface area contributed by atoms with Gasteiger partial charge in [-0.25, -0.2) is 13.6 Å². The number of nitrogens with zero attached hydrogens (tertiary/aromatic N) is 1. The van der Waals surface area contributed by atoms with Crippen molar-refractivity contribution in [3.8, 4) is 5.88 Å². The first kappa shape index (κ1) is 19.3. The predicted molar refractivity (Wildman–Crippen MR) is 93.3 cm³/mol. The number of nitrogens with two attached hydrogens (primary N) is 1. The van der Waals surface area contributed by atoms with Crippen LogP contribution in [-0.4, -0.2) is 22.9 Å². The van der Waals surface area contributed by atoms with E-state index in [4.69, 9.17) is 10.5 Å². The second kappa shape index (κ2) is 8.39. The molecule has 0 spiro atoms. The summed E-state index contributed by atoms with van der Waals surface area (Å²) < 4.78 is 37.0. The molecule has 2 aromatic rings. The van der Waals surface area contributed by atoms with Crippen molar-refractivity contribution in [3.05, 3.63) is 53.6 Å². The summed E-state index contributed by atoms with van der Waals surface area (Å²) in [5, 5.41) is 4.92. The Balaban J connectivity index is 2.26. The zero-order valence-corrected chi connectivity index (χ0v) is 14.5. The minimum absolute atomic E-state index is 0.0512. The molecule has 0 aliphatic heterocycles. The number of carbonyl (C=O) groups is 2. The Morgan fingerprint density at radius 2 is 2.08 bits per heavy atom. The fourth-order valence-corrected chi connectivity index (χ4v) is 2.82. The fraction of sp³-hybridized carbons (Fsp3) is 0.188. The monoisotopic (exact) mass is 382 g/mol. The number of ether oxygens (including phenoxy) is 1. The van der Waals surface area contributed by atoms with E-state index in [9.17, 15) is 18.4 Å². The lowest BCUT2D eigenvalue weighted by Gasteiger charge is -2.15. The van der Waals surface area contributed by atoms with Crippen LogP contribution in [0.4, 0.5) is 18.6 Å². The van der Waals surface area contributed by atoms with Crippen molar-refractivity contribution >= 4 is 28.5 Å². The van der Waals surface area contributed by atoms with E-state index in [1.54, 1.807) is 0 Å². The molecule has 1 heterocycles. The molecule has 10 heteroatoms. The average Bonchev–Trinajstić information content (AvgIpc) is 2.95. The first-order chi connectivity index (χ1) is 12.3. The molecular formula is C16H16F2N4O3S. The number of hydrogen-bond acceptors (Lipinski definition) is 5. The summed E-state index contributed by atoms with van der Waals surface area (Å²) in [5.74, 6) is -2.73. The summed E-state index contributed by atoms with van der Waals surface area (Å²) in [6.45, 7) is 5.07. The van der Waals surface area contributed by atoms with Crippen molar-refractivity contribution in [3.63, 3.8) is 0 Å². The van der Waals surface area contributed by atoms with E-state index in [0.29, 0.717) is 0 Å². The van der Waals surface area contributed by atoms with E-state index in [0.717, 1.165) is 23.7 Å². The van der Waals surface area contributed by atoms with Gasteiger partial charge in [0.2, 0.25) is 5.88 Å². The lowest BCUT2D eigenvalue weighted by Crippen LogP contribution is -2.29. The third kappa shape index (κ3) is 4.33. The number of rotatable bonds is 7. The Hall–Kier alpha value is -3.01. The van der Waals surface area contributed by atoms with Crippen molar-refractivity contribution < 1.29 is 23.1 Å². The summed E-state index contributed by atoms with van der Waals surface area (Å²) in [7, 11) is 0. The van der Waals surface area contributed by atoms with Gasteiger partial charge in [-0.05, 0) is 30.6 Å². The van der Waals surface area contributed by atoms with Crippen LogP contribution in [0.15, 0.2) is 30.9 Å². The van der Waals surface area contributed by atoms with Gasteiger partial charge in [0.1, 0.15) is 28.3 Å². The van der Waals surface area contributed by atoms with Gasteiger partial charge in [-0.3, -0.25) is 10.1 Å². The number of halogens is 2. The first-order valence-corrected chi connectivity index (χ1v) is 8.18. The number of primary amides is 1. The molecular weight excluding hydrogens is 366 g/mol. The number of carbonyl (C=O) groups excluding carboxylic acids is 2. The second-order valence-electron chi connectivity index (χ2n) is 5.08. The van der Waals surface area contributed by atoms with E-state index >= 15 is 0 Å². The summed E-state index contributed by atoms with van der Waals surface area (Å²) in [6.07, 6.45) is 0.388. The standard InChI is InChI=1S/C16H16F2N4O3S/c1-3-7-20-16(24)21-15-12(13(19)23)14(22-26-15)25-8(2)11-9(17)5-4-6-10(11)18/h3-6,8H,1,7H2,2H3,(H2,19,23)(H2,20,21,24). The number of anilines is 1. The number of nitrogens with one attached hydrogen (secondary N) is 2. The SMILES string of the molecule is C=CCNC(=O)Nc1snc(OC(C)c2c(F)cccc2F)c1C(N)=O. The number of aromatic nitrogens is 1. The van der Waals surface area contributed by atoms with Gasteiger partial charge in [-0.1, -0.05) is 12.1 Å². The van der Waals surface area contributed by atoms with E-state index in [1.807, 2.05) is 0 Å². The van der Waals surface area contributed by atoms with E-state index < -0.39 is 29.7 Å². The molecule has 26 heavy (non-hydrogen) atoms. The van der Waals surface area contributed by atoms with Crippen molar-refractivity contribution in [2.45, 2.75) is 13.0 Å². The molecule has 0 aliphatic carbocycles. The number of benzene rings is 1. The fourth-order valence-electron chi connectivity index (χ4n) is 2.10. The topological polar surface area (TPSA) is 106 Å². The maximum Gasteiger partial charge on any atom is 0.320 e. The molecule has 0 saturated heterocycles. The lowest BCUT2D eigenvalue weighted by molar-refractivity contribution is 0.0994. The van der Waals surface area contributed by atoms with Gasteiger partial charge < -0.3 is 15.8 Å². The Morgan fingerprint density at radius 3 is 2.65 bits per heavy atom. The molecule has 1 atom stereocenters. The number of amides is 3. The summed E-state index contributed by atoms with van der Waals surface area (Å²) in [4.78, 5) is 23.4. The summed E-state index contributed by atoms with van der Waals surface area (Å²) in [5.41, 5.74) is 4.82. The molecule has 4 N–H and O–H groups in total. The Morgan fingerprint density at radius 1 is 1.42 bits per heavy atom. The predicted octanol–water partition coefficient (Wildman–Crippen LogP) is 2.97. The quantitative estimate of drug-likeness (QED) is 0.640. The normalized spacial score (nSPS) is 11.5. The molecule has 138 valence electrons. The molecule has 7 nitrogen and oxygen atoms in total. The summed E-state index contributed by atoms with van der Waals surface area (Å²) in [6, 6.07) is 2.80. The van der Waals surface area contributed by atoms with Gasteiger partial charge in [0.15, 0.2) is 0 Å². The third-order valence-electron chi connectivity index (χ3n) is 3.24. The van der Waals surface area contributed by atoms with Crippen LogP contribution < -0.4 is 21.1 Å². The van der Waals surface area contributed by atoms with E-state index in [1.165, 1.54) is 19.1 Å². The van der Waals surface area contributed by atoms with Gasteiger partial charge in [0, 0.05) is 6.54 Å². The molecule has 1 aromatic carbocycles. The van der Waals surface area contributed by atoms with Crippen molar-refractivity contribution in [2.24, 2.45) is 5.73 Å². The average molecular weight is 382 g/mol. The lowest BCUT2D eigenvalue weighted by atomic mass is 10.1. The van der Waals surface area contributed by atoms with Gasteiger partial charge in [0.05, 0.1) is 5.56 Å². The number of urea groups is 1. The minimum atomic E-state index is -1.08.